The Hall–Kier alpha value is -2.03. The Balaban J connectivity index is 1.12. The van der Waals surface area contributed by atoms with Crippen LogP contribution in [-0.4, -0.2) is 60.2 Å². The van der Waals surface area contributed by atoms with Crippen molar-refractivity contribution in [3.05, 3.63) is 29.4 Å². The van der Waals surface area contributed by atoms with Crippen molar-refractivity contribution in [1.82, 2.24) is 20.5 Å². The molecule has 2 aliphatic rings. The Morgan fingerprint density at radius 3 is 2.88 bits per heavy atom. The maximum absolute atomic E-state index is 12.9. The second-order valence-electron chi connectivity index (χ2n) is 9.25. The van der Waals surface area contributed by atoms with E-state index in [9.17, 15) is 9.59 Å². The van der Waals surface area contributed by atoms with Crippen LogP contribution in [0.3, 0.4) is 0 Å². The molecule has 2 atom stereocenters. The van der Waals surface area contributed by atoms with Crippen LogP contribution in [0.1, 0.15) is 55.6 Å². The maximum Gasteiger partial charge on any atom is 0.261 e. The van der Waals surface area contributed by atoms with Gasteiger partial charge in [-0.3, -0.25) is 19.9 Å². The number of rotatable bonds is 8. The molecule has 0 bridgehead atoms. The molecule has 2 unspecified atom stereocenters. The average molecular weight is 459 g/mol. The number of carbonyl (C=O) groups excluding carboxylic acids is 2. The van der Waals surface area contributed by atoms with Crippen molar-refractivity contribution in [3.63, 3.8) is 0 Å². The number of nitrogens with one attached hydrogen (secondary N) is 2. The predicted octanol–water partition coefficient (Wildman–Crippen LogP) is 3.41. The van der Waals surface area contributed by atoms with Gasteiger partial charge >= 0.3 is 0 Å². The predicted molar refractivity (Wildman–Crippen MR) is 127 cm³/mol. The Bertz CT molecular complexity index is 890. The van der Waals surface area contributed by atoms with E-state index >= 15 is 0 Å². The summed E-state index contributed by atoms with van der Waals surface area (Å²) < 4.78 is 6.73. The highest BCUT2D eigenvalue weighted by atomic mass is 32.1. The van der Waals surface area contributed by atoms with Crippen molar-refractivity contribution >= 4 is 33.2 Å². The van der Waals surface area contributed by atoms with Crippen LogP contribution in [0.2, 0.25) is 0 Å². The first-order valence-electron chi connectivity index (χ1n) is 11.8. The van der Waals surface area contributed by atoms with Crippen molar-refractivity contribution in [3.8, 4) is 0 Å². The number of thiophene rings is 1. The number of aromatic nitrogens is 1. The molecule has 0 spiro atoms. The summed E-state index contributed by atoms with van der Waals surface area (Å²) in [6.07, 6.45) is 8.56. The first kappa shape index (κ1) is 23.1. The summed E-state index contributed by atoms with van der Waals surface area (Å²) in [5.41, 5.74) is 0. The van der Waals surface area contributed by atoms with Gasteiger partial charge in [0.25, 0.3) is 11.8 Å². The molecule has 0 aliphatic carbocycles. The molecule has 0 radical (unpaired) electrons. The standard InChI is InChI=1S/C24H34N4O3S/c1-16(2)21-22(31-15-27-21)24(30)28-11-7-17(8-12-28)5-3-4-9-26-23(29)19-13-18-6-10-25-14-20(18)32-19/h6,10,13-14,16-17,21-22,27H,3-5,7-9,11-12,15H2,1-2H3,(H,26,29). The van der Waals surface area contributed by atoms with Gasteiger partial charge in [-0.15, -0.1) is 11.3 Å². The van der Waals surface area contributed by atoms with Gasteiger partial charge in [0.05, 0.1) is 16.3 Å². The Kier molecular flexibility index (Phi) is 7.75. The molecule has 0 aromatic carbocycles. The van der Waals surface area contributed by atoms with Gasteiger partial charge in [-0.2, -0.15) is 0 Å². The molecule has 2 aromatic heterocycles. The van der Waals surface area contributed by atoms with E-state index in [0.29, 0.717) is 25.1 Å². The van der Waals surface area contributed by atoms with Crippen molar-refractivity contribution in [2.24, 2.45) is 11.8 Å². The molecule has 0 saturated carbocycles. The smallest absolute Gasteiger partial charge is 0.261 e. The van der Waals surface area contributed by atoms with E-state index in [1.54, 1.807) is 12.4 Å². The summed E-state index contributed by atoms with van der Waals surface area (Å²) in [5.74, 6) is 1.18. The molecule has 4 rings (SSSR count). The van der Waals surface area contributed by atoms with Crippen LogP contribution in [-0.2, 0) is 9.53 Å². The van der Waals surface area contributed by atoms with Crippen LogP contribution in [0.5, 0.6) is 0 Å². The second-order valence-corrected chi connectivity index (χ2v) is 10.3. The normalized spacial score (nSPS) is 22.0. The number of hydrogen-bond acceptors (Lipinski definition) is 6. The zero-order valence-electron chi connectivity index (χ0n) is 19.0. The zero-order chi connectivity index (χ0) is 22.5. The fourth-order valence-corrected chi connectivity index (χ4v) is 5.67. The van der Waals surface area contributed by atoms with Crippen LogP contribution >= 0.6 is 11.3 Å². The number of likely N-dealkylation sites (tertiary alicyclic amines) is 1. The fraction of sp³-hybridized carbons (Fsp3) is 0.625. The molecule has 2 saturated heterocycles. The number of hydrogen-bond donors (Lipinski definition) is 2. The Morgan fingerprint density at radius 1 is 1.31 bits per heavy atom. The summed E-state index contributed by atoms with van der Waals surface area (Å²) >= 11 is 1.49. The molecule has 2 aromatic rings. The number of amides is 2. The van der Waals surface area contributed by atoms with E-state index in [0.717, 1.165) is 60.2 Å². The lowest BCUT2D eigenvalue weighted by Crippen LogP contribution is -2.49. The molecule has 32 heavy (non-hydrogen) atoms. The van der Waals surface area contributed by atoms with E-state index < -0.39 is 0 Å². The van der Waals surface area contributed by atoms with E-state index in [2.05, 4.69) is 29.5 Å². The quantitative estimate of drug-likeness (QED) is 0.593. The van der Waals surface area contributed by atoms with E-state index in [-0.39, 0.29) is 24.0 Å². The monoisotopic (exact) mass is 458 g/mol. The molecule has 2 aliphatic heterocycles. The van der Waals surface area contributed by atoms with Crippen molar-refractivity contribution < 1.29 is 14.3 Å². The number of pyridine rings is 1. The SMILES string of the molecule is CC(C)C1NCOC1C(=O)N1CCC(CCCCNC(=O)c2cc3ccncc3s2)CC1. The molecule has 2 amide bonds. The van der Waals surface area contributed by atoms with Gasteiger partial charge in [-0.05, 0) is 48.6 Å². The first-order chi connectivity index (χ1) is 15.5. The van der Waals surface area contributed by atoms with Gasteiger partial charge in [0, 0.05) is 38.1 Å². The number of unbranched alkanes of at least 4 members (excludes halogenated alkanes) is 1. The first-order valence-corrected chi connectivity index (χ1v) is 12.6. The lowest BCUT2D eigenvalue weighted by Gasteiger charge is -2.34. The van der Waals surface area contributed by atoms with Gasteiger partial charge in [-0.25, -0.2) is 0 Å². The number of fused-ring (bicyclic) bond motifs is 1. The number of carbonyl (C=O) groups is 2. The van der Waals surface area contributed by atoms with Gasteiger partial charge < -0.3 is 15.0 Å². The van der Waals surface area contributed by atoms with E-state index in [1.165, 1.54) is 11.3 Å². The highest BCUT2D eigenvalue weighted by molar-refractivity contribution is 7.20. The second kappa shape index (κ2) is 10.7. The summed E-state index contributed by atoms with van der Waals surface area (Å²) in [6, 6.07) is 3.98. The zero-order valence-corrected chi connectivity index (χ0v) is 19.8. The van der Waals surface area contributed by atoms with Crippen LogP contribution in [0, 0.1) is 11.8 Å². The minimum atomic E-state index is -0.340. The highest BCUT2D eigenvalue weighted by Crippen LogP contribution is 2.26. The van der Waals surface area contributed by atoms with Crippen molar-refractivity contribution in [1.29, 1.82) is 0 Å². The Morgan fingerprint density at radius 2 is 2.12 bits per heavy atom. The summed E-state index contributed by atoms with van der Waals surface area (Å²) in [4.78, 5) is 32.1. The van der Waals surface area contributed by atoms with E-state index in [4.69, 9.17) is 4.74 Å². The van der Waals surface area contributed by atoms with Gasteiger partial charge in [0.2, 0.25) is 0 Å². The number of piperidine rings is 1. The lowest BCUT2D eigenvalue weighted by molar-refractivity contribution is -0.143. The summed E-state index contributed by atoms with van der Waals surface area (Å²) in [6.45, 7) is 7.07. The van der Waals surface area contributed by atoms with Crippen LogP contribution in [0.4, 0.5) is 0 Å². The number of nitrogens with zero attached hydrogens (tertiary/aromatic N) is 2. The van der Waals surface area contributed by atoms with Crippen molar-refractivity contribution in [2.45, 2.75) is 58.1 Å². The molecule has 2 N–H and O–H groups in total. The summed E-state index contributed by atoms with van der Waals surface area (Å²) in [5, 5.41) is 7.41. The molecule has 4 heterocycles. The largest absolute Gasteiger partial charge is 0.352 e. The molecular formula is C24H34N4O3S. The van der Waals surface area contributed by atoms with Crippen LogP contribution < -0.4 is 10.6 Å². The number of ether oxygens (including phenoxy) is 1. The van der Waals surface area contributed by atoms with Gasteiger partial charge in [0.1, 0.15) is 0 Å². The molecular weight excluding hydrogens is 424 g/mol. The highest BCUT2D eigenvalue weighted by Gasteiger charge is 2.38. The molecule has 2 fully saturated rings. The average Bonchev–Trinajstić information content (AvgIpc) is 3.46. The minimum absolute atomic E-state index is 0.00124. The third-order valence-electron chi connectivity index (χ3n) is 6.67. The van der Waals surface area contributed by atoms with Crippen LogP contribution in [0.15, 0.2) is 24.5 Å². The maximum atomic E-state index is 12.9. The van der Waals surface area contributed by atoms with Crippen molar-refractivity contribution in [2.75, 3.05) is 26.4 Å². The van der Waals surface area contributed by atoms with Gasteiger partial charge in [0.15, 0.2) is 6.10 Å². The van der Waals surface area contributed by atoms with E-state index in [1.807, 2.05) is 17.0 Å². The topological polar surface area (TPSA) is 83.6 Å². The van der Waals surface area contributed by atoms with Crippen LogP contribution in [0.25, 0.3) is 10.1 Å². The third kappa shape index (κ3) is 5.47. The van der Waals surface area contributed by atoms with Gasteiger partial charge in [-0.1, -0.05) is 26.7 Å². The summed E-state index contributed by atoms with van der Waals surface area (Å²) in [7, 11) is 0. The molecule has 7 nitrogen and oxygen atoms in total. The third-order valence-corrected chi connectivity index (χ3v) is 7.75. The molecule has 174 valence electrons. The minimum Gasteiger partial charge on any atom is -0.352 e. The fourth-order valence-electron chi connectivity index (χ4n) is 4.72. The Labute approximate surface area is 193 Å². The molecule has 8 heteroatoms. The lowest BCUT2D eigenvalue weighted by atomic mass is 9.90.